The van der Waals surface area contributed by atoms with Crippen LogP contribution < -0.4 is 9.47 Å². The van der Waals surface area contributed by atoms with E-state index in [-0.39, 0.29) is 5.97 Å². The molecule has 0 atom stereocenters. The Hall–Kier alpha value is -3.26. The van der Waals surface area contributed by atoms with Crippen molar-refractivity contribution < 1.29 is 23.4 Å². The lowest BCUT2D eigenvalue weighted by Gasteiger charge is -2.10. The predicted octanol–water partition coefficient (Wildman–Crippen LogP) is 4.91. The van der Waals surface area contributed by atoms with Gasteiger partial charge in [0, 0.05) is 5.39 Å². The van der Waals surface area contributed by atoms with Crippen LogP contribution in [0.15, 0.2) is 40.1 Å². The molecular weight excluding hydrogens is 404 g/mol. The molecular formula is C22H22N2O5S. The SMILES string of the molecule is CCOC(=O)c1cc2ccsc2n1Cc1nc(-c2cccc(OC)c2OC)oc1C. The Kier molecular flexibility index (Phi) is 5.50. The van der Waals surface area contributed by atoms with E-state index in [0.717, 1.165) is 15.9 Å². The highest BCUT2D eigenvalue weighted by Gasteiger charge is 2.22. The van der Waals surface area contributed by atoms with Crippen LogP contribution in [-0.4, -0.2) is 36.3 Å². The van der Waals surface area contributed by atoms with E-state index < -0.39 is 0 Å². The molecule has 0 aliphatic carbocycles. The second-order valence-corrected chi connectivity index (χ2v) is 7.47. The van der Waals surface area contributed by atoms with Crippen LogP contribution in [0.2, 0.25) is 0 Å². The summed E-state index contributed by atoms with van der Waals surface area (Å²) in [5.41, 5.74) is 1.93. The van der Waals surface area contributed by atoms with Crippen LogP contribution in [0.4, 0.5) is 0 Å². The van der Waals surface area contributed by atoms with E-state index in [1.54, 1.807) is 32.5 Å². The van der Waals surface area contributed by atoms with E-state index >= 15 is 0 Å². The maximum atomic E-state index is 12.5. The Morgan fingerprint density at radius 2 is 2.07 bits per heavy atom. The molecule has 3 heterocycles. The zero-order chi connectivity index (χ0) is 21.3. The van der Waals surface area contributed by atoms with Gasteiger partial charge in [-0.2, -0.15) is 0 Å². The Morgan fingerprint density at radius 3 is 2.80 bits per heavy atom. The van der Waals surface area contributed by atoms with Crippen LogP contribution in [0.25, 0.3) is 21.7 Å². The molecule has 7 nitrogen and oxygen atoms in total. The van der Waals surface area contributed by atoms with E-state index in [9.17, 15) is 4.79 Å². The molecule has 0 aliphatic heterocycles. The number of aryl methyl sites for hydroxylation is 1. The number of benzene rings is 1. The van der Waals surface area contributed by atoms with Crippen molar-refractivity contribution in [3.05, 3.63) is 52.9 Å². The highest BCUT2D eigenvalue weighted by Crippen LogP contribution is 2.38. The Morgan fingerprint density at radius 1 is 1.23 bits per heavy atom. The van der Waals surface area contributed by atoms with E-state index in [1.807, 2.05) is 47.2 Å². The third-order valence-corrected chi connectivity index (χ3v) is 5.77. The van der Waals surface area contributed by atoms with Gasteiger partial charge in [-0.25, -0.2) is 9.78 Å². The summed E-state index contributed by atoms with van der Waals surface area (Å²) in [7, 11) is 3.17. The molecule has 0 bridgehead atoms. The lowest BCUT2D eigenvalue weighted by atomic mass is 10.2. The van der Waals surface area contributed by atoms with Crippen molar-refractivity contribution in [1.82, 2.24) is 9.55 Å². The van der Waals surface area contributed by atoms with Gasteiger partial charge in [-0.1, -0.05) is 6.07 Å². The van der Waals surface area contributed by atoms with Gasteiger partial charge >= 0.3 is 5.97 Å². The van der Waals surface area contributed by atoms with Crippen LogP contribution in [0.3, 0.4) is 0 Å². The number of methoxy groups -OCH3 is 2. The maximum Gasteiger partial charge on any atom is 0.355 e. The quantitative estimate of drug-likeness (QED) is 0.391. The number of nitrogens with zero attached hydrogens (tertiary/aromatic N) is 2. The number of carbonyl (C=O) groups is 1. The van der Waals surface area contributed by atoms with Gasteiger partial charge in [-0.05, 0) is 43.5 Å². The fourth-order valence-electron chi connectivity index (χ4n) is 3.40. The Bertz CT molecular complexity index is 1200. The number of esters is 1. The van der Waals surface area contributed by atoms with Crippen molar-refractivity contribution in [2.75, 3.05) is 20.8 Å². The van der Waals surface area contributed by atoms with Crippen LogP contribution in [0.1, 0.15) is 28.9 Å². The van der Waals surface area contributed by atoms with Gasteiger partial charge in [0.1, 0.15) is 22.0 Å². The number of aromatic nitrogens is 2. The van der Waals surface area contributed by atoms with Gasteiger partial charge < -0.3 is 23.2 Å². The van der Waals surface area contributed by atoms with Crippen molar-refractivity contribution in [2.24, 2.45) is 0 Å². The second-order valence-electron chi connectivity index (χ2n) is 6.58. The monoisotopic (exact) mass is 426 g/mol. The number of oxazole rings is 1. The van der Waals surface area contributed by atoms with Crippen molar-refractivity contribution in [3.63, 3.8) is 0 Å². The molecule has 4 rings (SSSR count). The van der Waals surface area contributed by atoms with Crippen molar-refractivity contribution in [3.8, 4) is 23.0 Å². The predicted molar refractivity (Wildman–Crippen MR) is 115 cm³/mol. The van der Waals surface area contributed by atoms with Gasteiger partial charge in [0.15, 0.2) is 11.5 Å². The zero-order valence-corrected chi connectivity index (χ0v) is 18.0. The summed E-state index contributed by atoms with van der Waals surface area (Å²) in [6, 6.07) is 9.38. The van der Waals surface area contributed by atoms with Crippen LogP contribution >= 0.6 is 11.3 Å². The molecule has 1 aromatic carbocycles. The fraction of sp³-hybridized carbons (Fsp3) is 0.273. The highest BCUT2D eigenvalue weighted by molar-refractivity contribution is 7.16. The largest absolute Gasteiger partial charge is 0.493 e. The van der Waals surface area contributed by atoms with E-state index in [1.165, 1.54) is 0 Å². The molecule has 4 aromatic rings. The number of ether oxygens (including phenoxy) is 3. The molecule has 30 heavy (non-hydrogen) atoms. The average molecular weight is 426 g/mol. The fourth-order valence-corrected chi connectivity index (χ4v) is 4.30. The summed E-state index contributed by atoms with van der Waals surface area (Å²) in [4.78, 5) is 18.2. The molecule has 156 valence electrons. The van der Waals surface area contributed by atoms with E-state index in [4.69, 9.17) is 23.6 Å². The minimum absolute atomic E-state index is 0.320. The molecule has 0 spiro atoms. The maximum absolute atomic E-state index is 12.5. The van der Waals surface area contributed by atoms with E-state index in [2.05, 4.69) is 0 Å². The first-order chi connectivity index (χ1) is 14.6. The smallest absolute Gasteiger partial charge is 0.355 e. The number of hydrogen-bond donors (Lipinski definition) is 0. The number of thiophene rings is 1. The first-order valence-electron chi connectivity index (χ1n) is 9.48. The number of hydrogen-bond acceptors (Lipinski definition) is 7. The Labute approximate surface area is 177 Å². The highest BCUT2D eigenvalue weighted by atomic mass is 32.1. The molecule has 0 fully saturated rings. The van der Waals surface area contributed by atoms with Crippen molar-refractivity contribution >= 4 is 27.5 Å². The summed E-state index contributed by atoms with van der Waals surface area (Å²) in [5, 5.41) is 3.00. The van der Waals surface area contributed by atoms with Crippen molar-refractivity contribution in [1.29, 1.82) is 0 Å². The first kappa shape index (κ1) is 20.0. The average Bonchev–Trinajstić information content (AvgIpc) is 3.43. The topological polar surface area (TPSA) is 75.7 Å². The van der Waals surface area contributed by atoms with Gasteiger partial charge in [0.05, 0.1) is 32.9 Å². The van der Waals surface area contributed by atoms with Gasteiger partial charge in [0.25, 0.3) is 0 Å². The van der Waals surface area contributed by atoms with Crippen LogP contribution in [0, 0.1) is 6.92 Å². The Balaban J connectivity index is 1.75. The van der Waals surface area contributed by atoms with Crippen molar-refractivity contribution in [2.45, 2.75) is 20.4 Å². The minimum atomic E-state index is -0.350. The van der Waals surface area contributed by atoms with Crippen LogP contribution in [0.5, 0.6) is 11.5 Å². The summed E-state index contributed by atoms with van der Waals surface area (Å²) in [6.07, 6.45) is 0. The van der Waals surface area contributed by atoms with Gasteiger partial charge in [-0.15, -0.1) is 11.3 Å². The summed E-state index contributed by atoms with van der Waals surface area (Å²) >= 11 is 1.57. The van der Waals surface area contributed by atoms with Gasteiger partial charge in [0.2, 0.25) is 5.89 Å². The minimum Gasteiger partial charge on any atom is -0.493 e. The lowest BCUT2D eigenvalue weighted by molar-refractivity contribution is 0.0515. The molecule has 0 aliphatic rings. The van der Waals surface area contributed by atoms with Gasteiger partial charge in [-0.3, -0.25) is 0 Å². The summed E-state index contributed by atoms with van der Waals surface area (Å²) < 4.78 is 24.0. The molecule has 0 radical (unpaired) electrons. The molecule has 0 saturated heterocycles. The third kappa shape index (κ3) is 3.43. The molecule has 0 amide bonds. The molecule has 0 N–H and O–H groups in total. The lowest BCUT2D eigenvalue weighted by Crippen LogP contribution is -2.13. The summed E-state index contributed by atoms with van der Waals surface area (Å²) in [6.45, 7) is 4.36. The molecule has 8 heteroatoms. The number of rotatable bonds is 7. The molecule has 3 aromatic heterocycles. The summed E-state index contributed by atoms with van der Waals surface area (Å²) in [5.74, 6) is 1.91. The third-order valence-electron chi connectivity index (χ3n) is 4.82. The second kappa shape index (κ2) is 8.23. The number of carbonyl (C=O) groups excluding carboxylic acids is 1. The normalized spacial score (nSPS) is 11.1. The van der Waals surface area contributed by atoms with E-state index in [0.29, 0.717) is 47.6 Å². The zero-order valence-electron chi connectivity index (χ0n) is 17.2. The number of para-hydroxylation sites is 1. The standard InChI is InChI=1S/C22H22N2O5S/c1-5-28-22(25)17-11-14-9-10-30-21(14)24(17)12-16-13(2)29-20(23-16)15-7-6-8-18(26-3)19(15)27-4/h6-11H,5,12H2,1-4H3. The number of fused-ring (bicyclic) bond motifs is 1. The molecule has 0 saturated carbocycles. The first-order valence-corrected chi connectivity index (χ1v) is 10.4. The molecule has 0 unspecified atom stereocenters. The van der Waals surface area contributed by atoms with Crippen LogP contribution in [-0.2, 0) is 11.3 Å².